The highest BCUT2D eigenvalue weighted by atomic mass is 32.2. The molecule has 0 aromatic carbocycles. The van der Waals surface area contributed by atoms with Gasteiger partial charge in [-0.15, -0.1) is 11.3 Å². The van der Waals surface area contributed by atoms with Gasteiger partial charge in [0.15, 0.2) is 5.96 Å². The van der Waals surface area contributed by atoms with Gasteiger partial charge in [-0.05, 0) is 24.8 Å². The first-order valence-corrected chi connectivity index (χ1v) is 8.93. The van der Waals surface area contributed by atoms with Gasteiger partial charge >= 0.3 is 0 Å². The van der Waals surface area contributed by atoms with Crippen LogP contribution in [0.25, 0.3) is 0 Å². The van der Waals surface area contributed by atoms with E-state index in [1.165, 1.54) is 17.1 Å². The molecule has 19 heavy (non-hydrogen) atoms. The molecule has 2 rings (SSSR count). The molecule has 1 aromatic rings. The van der Waals surface area contributed by atoms with Gasteiger partial charge in [0.05, 0.1) is 6.54 Å². The normalized spacial score (nSPS) is 20.6. The van der Waals surface area contributed by atoms with Crippen molar-refractivity contribution in [1.82, 2.24) is 10.2 Å². The van der Waals surface area contributed by atoms with Crippen molar-refractivity contribution >= 4 is 29.1 Å². The number of hydrogen-bond acceptors (Lipinski definition) is 3. The molecular weight excluding hydrogens is 274 g/mol. The van der Waals surface area contributed by atoms with Gasteiger partial charge in [0.2, 0.25) is 0 Å². The summed E-state index contributed by atoms with van der Waals surface area (Å²) in [7, 11) is 0. The zero-order valence-corrected chi connectivity index (χ0v) is 13.4. The summed E-state index contributed by atoms with van der Waals surface area (Å²) >= 11 is 3.87. The molecular formula is C14H23N3S2. The summed E-state index contributed by atoms with van der Waals surface area (Å²) in [4.78, 5) is 8.53. The molecule has 0 saturated carbocycles. The Hall–Kier alpha value is -0.680. The minimum absolute atomic E-state index is 0.749. The topological polar surface area (TPSA) is 27.6 Å². The van der Waals surface area contributed by atoms with Crippen LogP contribution in [0.5, 0.6) is 0 Å². The molecule has 1 aromatic heterocycles. The van der Waals surface area contributed by atoms with Crippen LogP contribution >= 0.6 is 23.1 Å². The van der Waals surface area contributed by atoms with E-state index in [4.69, 9.17) is 4.99 Å². The molecule has 1 saturated heterocycles. The van der Waals surface area contributed by atoms with E-state index in [9.17, 15) is 0 Å². The van der Waals surface area contributed by atoms with Gasteiger partial charge in [-0.1, -0.05) is 13.0 Å². The Balaban J connectivity index is 1.99. The molecule has 3 nitrogen and oxygen atoms in total. The predicted molar refractivity (Wildman–Crippen MR) is 87.2 cm³/mol. The van der Waals surface area contributed by atoms with Crippen LogP contribution in [0.2, 0.25) is 0 Å². The van der Waals surface area contributed by atoms with Crippen LogP contribution in [0, 0.1) is 0 Å². The minimum atomic E-state index is 0.749. The van der Waals surface area contributed by atoms with Crippen LogP contribution in [-0.2, 0) is 6.54 Å². The molecule has 106 valence electrons. The van der Waals surface area contributed by atoms with Crippen molar-refractivity contribution in [2.75, 3.05) is 25.4 Å². The van der Waals surface area contributed by atoms with Crippen LogP contribution in [0.4, 0.5) is 0 Å². The molecule has 1 unspecified atom stereocenters. The Bertz CT molecular complexity index is 389. The van der Waals surface area contributed by atoms with Crippen molar-refractivity contribution in [2.24, 2.45) is 4.99 Å². The number of hydrogen-bond donors (Lipinski definition) is 1. The quantitative estimate of drug-likeness (QED) is 0.684. The fourth-order valence-electron chi connectivity index (χ4n) is 2.14. The molecule has 1 fully saturated rings. The number of aliphatic imine (C=N–C) groups is 1. The van der Waals surface area contributed by atoms with Crippen molar-refractivity contribution in [3.63, 3.8) is 0 Å². The first-order valence-electron chi connectivity index (χ1n) is 7.00. The molecule has 0 spiro atoms. The zero-order chi connectivity index (χ0) is 13.5. The average molecular weight is 297 g/mol. The van der Waals surface area contributed by atoms with Crippen LogP contribution in [0.3, 0.4) is 0 Å². The largest absolute Gasteiger partial charge is 0.357 e. The van der Waals surface area contributed by atoms with E-state index < -0.39 is 0 Å². The maximum Gasteiger partial charge on any atom is 0.194 e. The van der Waals surface area contributed by atoms with Crippen molar-refractivity contribution in [2.45, 2.75) is 32.1 Å². The number of nitrogens with zero attached hydrogens (tertiary/aromatic N) is 2. The van der Waals surface area contributed by atoms with E-state index in [2.05, 4.69) is 53.3 Å². The minimum Gasteiger partial charge on any atom is -0.357 e. The molecule has 0 radical (unpaired) electrons. The van der Waals surface area contributed by atoms with Crippen molar-refractivity contribution in [3.8, 4) is 0 Å². The summed E-state index contributed by atoms with van der Waals surface area (Å²) in [6, 6.07) is 4.24. The van der Waals surface area contributed by atoms with E-state index in [0.29, 0.717) is 0 Å². The predicted octanol–water partition coefficient (Wildman–Crippen LogP) is 3.04. The third kappa shape index (κ3) is 4.42. The SMILES string of the molecule is CCNC(=NCc1cccs1)N1CCSC(CC)C1. The van der Waals surface area contributed by atoms with Gasteiger partial charge in [0.25, 0.3) is 0 Å². The average Bonchev–Trinajstić information content (AvgIpc) is 2.97. The highest BCUT2D eigenvalue weighted by Gasteiger charge is 2.21. The number of rotatable bonds is 4. The number of thiophene rings is 1. The molecule has 0 amide bonds. The number of nitrogens with one attached hydrogen (secondary N) is 1. The van der Waals surface area contributed by atoms with Crippen LogP contribution in [-0.4, -0.2) is 41.5 Å². The lowest BCUT2D eigenvalue weighted by Gasteiger charge is -2.34. The van der Waals surface area contributed by atoms with E-state index in [-0.39, 0.29) is 0 Å². The molecule has 1 aliphatic heterocycles. The number of thioether (sulfide) groups is 1. The summed E-state index contributed by atoms with van der Waals surface area (Å²) in [6.45, 7) is 8.37. The highest BCUT2D eigenvalue weighted by Crippen LogP contribution is 2.21. The molecule has 0 bridgehead atoms. The fraction of sp³-hybridized carbons (Fsp3) is 0.643. The Morgan fingerprint density at radius 3 is 3.11 bits per heavy atom. The lowest BCUT2D eigenvalue weighted by atomic mass is 10.3. The maximum absolute atomic E-state index is 4.78. The van der Waals surface area contributed by atoms with Crippen molar-refractivity contribution < 1.29 is 0 Å². The van der Waals surface area contributed by atoms with E-state index >= 15 is 0 Å². The van der Waals surface area contributed by atoms with Crippen LogP contribution in [0.1, 0.15) is 25.1 Å². The lowest BCUT2D eigenvalue weighted by molar-refractivity contribution is 0.408. The molecule has 1 aliphatic rings. The summed E-state index contributed by atoms with van der Waals surface area (Å²) in [5.74, 6) is 2.29. The molecule has 1 atom stereocenters. The molecule has 0 aliphatic carbocycles. The lowest BCUT2D eigenvalue weighted by Crippen LogP contribution is -2.47. The van der Waals surface area contributed by atoms with Crippen molar-refractivity contribution in [3.05, 3.63) is 22.4 Å². The number of guanidine groups is 1. The van der Waals surface area contributed by atoms with Gasteiger partial charge in [0.1, 0.15) is 0 Å². The van der Waals surface area contributed by atoms with Gasteiger partial charge in [-0.3, -0.25) is 0 Å². The molecule has 2 heterocycles. The van der Waals surface area contributed by atoms with E-state index in [1.54, 1.807) is 11.3 Å². The Labute approximate surface area is 124 Å². The summed E-state index contributed by atoms with van der Waals surface area (Å²) in [5.41, 5.74) is 0. The van der Waals surface area contributed by atoms with Gasteiger partial charge < -0.3 is 10.2 Å². The van der Waals surface area contributed by atoms with Gasteiger partial charge in [0, 0.05) is 35.5 Å². The Morgan fingerprint density at radius 1 is 1.53 bits per heavy atom. The summed E-state index contributed by atoms with van der Waals surface area (Å²) in [6.07, 6.45) is 1.24. The maximum atomic E-state index is 4.78. The third-order valence-corrected chi connectivity index (χ3v) is 5.43. The van der Waals surface area contributed by atoms with E-state index in [0.717, 1.165) is 37.4 Å². The zero-order valence-electron chi connectivity index (χ0n) is 11.8. The monoisotopic (exact) mass is 297 g/mol. The van der Waals surface area contributed by atoms with Gasteiger partial charge in [-0.25, -0.2) is 4.99 Å². The Kier molecular flexibility index (Phi) is 6.04. The molecule has 5 heteroatoms. The fourth-order valence-corrected chi connectivity index (χ4v) is 3.95. The second-order valence-corrected chi connectivity index (χ2v) is 7.04. The van der Waals surface area contributed by atoms with Crippen molar-refractivity contribution in [1.29, 1.82) is 0 Å². The second-order valence-electron chi connectivity index (χ2n) is 4.60. The third-order valence-electron chi connectivity index (χ3n) is 3.19. The first-order chi connectivity index (χ1) is 9.33. The smallest absolute Gasteiger partial charge is 0.194 e. The van der Waals surface area contributed by atoms with Crippen LogP contribution in [0.15, 0.2) is 22.5 Å². The standard InChI is InChI=1S/C14H23N3S2/c1-3-12-11-17(7-9-19-12)14(15-4-2)16-10-13-6-5-8-18-13/h5-6,8,12H,3-4,7,9-11H2,1-2H3,(H,15,16). The first kappa shape index (κ1) is 14.7. The summed E-state index contributed by atoms with van der Waals surface area (Å²) in [5, 5.41) is 6.29. The van der Waals surface area contributed by atoms with E-state index in [1.807, 2.05) is 0 Å². The second kappa shape index (κ2) is 7.80. The molecule has 1 N–H and O–H groups in total. The Morgan fingerprint density at radius 2 is 2.42 bits per heavy atom. The van der Waals surface area contributed by atoms with Crippen LogP contribution < -0.4 is 5.32 Å². The summed E-state index contributed by atoms with van der Waals surface area (Å²) < 4.78 is 0. The van der Waals surface area contributed by atoms with Gasteiger partial charge in [-0.2, -0.15) is 11.8 Å². The highest BCUT2D eigenvalue weighted by molar-refractivity contribution is 8.00.